The molecule has 1 fully saturated rings. The zero-order valence-electron chi connectivity index (χ0n) is 14.9. The summed E-state index contributed by atoms with van der Waals surface area (Å²) in [6.45, 7) is -0.291. The fraction of sp³-hybridized carbons (Fsp3) is 0.571. The lowest BCUT2D eigenvalue weighted by Crippen LogP contribution is -2.36. The van der Waals surface area contributed by atoms with E-state index in [-0.39, 0.29) is 31.4 Å². The normalized spacial score (nSPS) is 25.8. The lowest BCUT2D eigenvalue weighted by atomic mass is 10.1. The molecular weight excluding hydrogens is 395 g/mol. The molecular formula is C14H21N6O7P. The quantitative estimate of drug-likeness (QED) is 0.371. The van der Waals surface area contributed by atoms with Crippen molar-refractivity contribution >= 4 is 31.1 Å². The Labute approximate surface area is 159 Å². The first-order chi connectivity index (χ1) is 13.4. The molecule has 3 rings (SSSR count). The Hall–Kier alpha value is -2.15. The summed E-state index contributed by atoms with van der Waals surface area (Å²) in [5.41, 5.74) is 6.51. The molecule has 5 N–H and O–H groups in total. The van der Waals surface area contributed by atoms with Gasteiger partial charge < -0.3 is 35.0 Å². The van der Waals surface area contributed by atoms with Crippen LogP contribution in [0, 0.1) is 0 Å². The van der Waals surface area contributed by atoms with Gasteiger partial charge in [-0.1, -0.05) is 0 Å². The molecule has 0 saturated carbocycles. The molecule has 2 aromatic heterocycles. The smallest absolute Gasteiger partial charge is 0.316 e. The van der Waals surface area contributed by atoms with E-state index in [4.69, 9.17) is 24.6 Å². The van der Waals surface area contributed by atoms with Gasteiger partial charge in [0.2, 0.25) is 5.91 Å². The summed E-state index contributed by atoms with van der Waals surface area (Å²) in [6.07, 6.45) is -1.15. The van der Waals surface area contributed by atoms with Gasteiger partial charge in [0.25, 0.3) is 0 Å². The van der Waals surface area contributed by atoms with E-state index in [0.717, 1.165) is 0 Å². The van der Waals surface area contributed by atoms with Crippen LogP contribution in [0.1, 0.15) is 12.6 Å². The Morgan fingerprint density at radius 1 is 1.46 bits per heavy atom. The number of aliphatic hydroxyl groups excluding tert-OH is 1. The van der Waals surface area contributed by atoms with Crippen molar-refractivity contribution < 1.29 is 33.4 Å². The van der Waals surface area contributed by atoms with Crippen LogP contribution in [0.4, 0.5) is 5.82 Å². The van der Waals surface area contributed by atoms with E-state index in [2.05, 4.69) is 20.3 Å². The van der Waals surface area contributed by atoms with Gasteiger partial charge >= 0.3 is 8.25 Å². The monoisotopic (exact) mass is 416 g/mol. The van der Waals surface area contributed by atoms with Gasteiger partial charge in [0, 0.05) is 13.5 Å². The fourth-order valence-electron chi connectivity index (χ4n) is 2.88. The average molecular weight is 416 g/mol. The predicted octanol–water partition coefficient (Wildman–Crippen LogP) is -1.41. The van der Waals surface area contributed by atoms with E-state index in [1.807, 2.05) is 0 Å². The maximum atomic E-state index is 11.4. The number of aliphatic hydroxyl groups is 1. The standard InChI is InChI=1S/C14H21N6O7P/c1-16-8(21)2-3-25-11-10(22)7(4-26-28(23)24)27-14(11)20-6-19-9-12(15)17-5-18-13(9)20/h5-7,10-11,14,22,28H,2-4H2,1H3,(H,16,21)(H,23,24)(H2,15,17,18)/t7-,10?,11+,14-/m1/s1. The second kappa shape index (κ2) is 8.90. The molecule has 2 aromatic rings. The molecule has 0 spiro atoms. The Morgan fingerprint density at radius 2 is 2.25 bits per heavy atom. The van der Waals surface area contributed by atoms with E-state index in [1.165, 1.54) is 24.3 Å². The molecule has 1 saturated heterocycles. The maximum absolute atomic E-state index is 11.4. The summed E-state index contributed by atoms with van der Waals surface area (Å²) >= 11 is 0. The number of hydrogen-bond donors (Lipinski definition) is 4. The average Bonchev–Trinajstić information content (AvgIpc) is 3.22. The molecule has 0 aromatic carbocycles. The van der Waals surface area contributed by atoms with Gasteiger partial charge in [-0.2, -0.15) is 0 Å². The highest BCUT2D eigenvalue weighted by Gasteiger charge is 2.46. The second-order valence-electron chi connectivity index (χ2n) is 5.97. The van der Waals surface area contributed by atoms with E-state index >= 15 is 0 Å². The van der Waals surface area contributed by atoms with Gasteiger partial charge in [0.1, 0.15) is 30.2 Å². The van der Waals surface area contributed by atoms with E-state index < -0.39 is 32.8 Å². The molecule has 0 bridgehead atoms. The summed E-state index contributed by atoms with van der Waals surface area (Å²) in [5.74, 6) is -0.0459. The molecule has 2 unspecified atom stereocenters. The minimum atomic E-state index is -3.19. The number of carbonyl (C=O) groups is 1. The topological polar surface area (TPSA) is 184 Å². The molecule has 13 nitrogen and oxygen atoms in total. The van der Waals surface area contributed by atoms with Gasteiger partial charge in [0.05, 0.1) is 19.5 Å². The Bertz CT molecular complexity index is 864. The van der Waals surface area contributed by atoms with Crippen molar-refractivity contribution in [2.75, 3.05) is 26.0 Å². The van der Waals surface area contributed by atoms with Crippen molar-refractivity contribution in [3.8, 4) is 0 Å². The number of nitrogens with one attached hydrogen (secondary N) is 1. The van der Waals surface area contributed by atoms with Crippen molar-refractivity contribution in [3.63, 3.8) is 0 Å². The largest absolute Gasteiger partial charge is 0.387 e. The van der Waals surface area contributed by atoms with Crippen LogP contribution in [0.3, 0.4) is 0 Å². The first-order valence-electron chi connectivity index (χ1n) is 8.36. The number of rotatable bonds is 8. The zero-order valence-corrected chi connectivity index (χ0v) is 15.9. The predicted molar refractivity (Wildman–Crippen MR) is 95.2 cm³/mol. The van der Waals surface area contributed by atoms with Gasteiger partial charge in [-0.25, -0.2) is 15.0 Å². The first kappa shape index (κ1) is 20.6. The minimum Gasteiger partial charge on any atom is -0.387 e. The van der Waals surface area contributed by atoms with Crippen molar-refractivity contribution in [3.05, 3.63) is 12.7 Å². The number of ether oxygens (including phenoxy) is 2. The van der Waals surface area contributed by atoms with Crippen molar-refractivity contribution in [2.45, 2.75) is 31.0 Å². The van der Waals surface area contributed by atoms with Crippen LogP contribution in [0.25, 0.3) is 11.2 Å². The molecule has 154 valence electrons. The van der Waals surface area contributed by atoms with Crippen LogP contribution in [0.5, 0.6) is 0 Å². The minimum absolute atomic E-state index is 0.0230. The molecule has 28 heavy (non-hydrogen) atoms. The molecule has 1 aliphatic rings. The van der Waals surface area contributed by atoms with Crippen LogP contribution in [0.2, 0.25) is 0 Å². The van der Waals surface area contributed by atoms with Gasteiger partial charge in [-0.05, 0) is 0 Å². The molecule has 0 radical (unpaired) electrons. The van der Waals surface area contributed by atoms with Crippen LogP contribution in [-0.4, -0.2) is 74.0 Å². The molecule has 1 amide bonds. The number of nitrogens with two attached hydrogens (primary N) is 1. The molecule has 1 aliphatic heterocycles. The number of fused-ring (bicyclic) bond motifs is 1. The summed E-state index contributed by atoms with van der Waals surface area (Å²) < 4.78 is 28.6. The summed E-state index contributed by atoms with van der Waals surface area (Å²) in [5, 5.41) is 13.1. The van der Waals surface area contributed by atoms with Crippen molar-refractivity contribution in [1.82, 2.24) is 24.8 Å². The number of nitrogens with zero attached hydrogens (tertiary/aromatic N) is 4. The number of nitrogen functional groups attached to an aromatic ring is 1. The third-order valence-corrected chi connectivity index (χ3v) is 4.68. The lowest BCUT2D eigenvalue weighted by Gasteiger charge is -2.22. The number of amides is 1. The van der Waals surface area contributed by atoms with E-state index in [1.54, 1.807) is 0 Å². The SMILES string of the molecule is CNC(=O)CCO[C@H]1C(O)[C@@H](CO[PH](=O)O)O[C@H]1n1cnc2c(N)ncnc21. The second-order valence-corrected chi connectivity index (χ2v) is 6.79. The Balaban J connectivity index is 1.84. The molecule has 3 heterocycles. The van der Waals surface area contributed by atoms with Crippen molar-refractivity contribution in [2.24, 2.45) is 0 Å². The van der Waals surface area contributed by atoms with Crippen LogP contribution in [0.15, 0.2) is 12.7 Å². The number of imidazole rings is 1. The Morgan fingerprint density at radius 3 is 2.96 bits per heavy atom. The number of carbonyl (C=O) groups excluding carboxylic acids is 1. The fourth-order valence-corrected chi connectivity index (χ4v) is 3.19. The first-order valence-corrected chi connectivity index (χ1v) is 9.63. The van der Waals surface area contributed by atoms with Crippen LogP contribution >= 0.6 is 8.25 Å². The van der Waals surface area contributed by atoms with Crippen LogP contribution < -0.4 is 11.1 Å². The highest BCUT2D eigenvalue weighted by molar-refractivity contribution is 7.32. The third-order valence-electron chi connectivity index (χ3n) is 4.26. The third kappa shape index (κ3) is 4.29. The number of aromatic nitrogens is 4. The van der Waals surface area contributed by atoms with Crippen LogP contribution in [-0.2, 0) is 23.4 Å². The molecule has 14 heteroatoms. The Kier molecular flexibility index (Phi) is 6.54. The zero-order chi connectivity index (χ0) is 20.3. The van der Waals surface area contributed by atoms with Crippen molar-refractivity contribution in [1.29, 1.82) is 0 Å². The summed E-state index contributed by atoms with van der Waals surface area (Å²) in [6, 6.07) is 0. The van der Waals surface area contributed by atoms with Gasteiger partial charge in [-0.15, -0.1) is 0 Å². The van der Waals surface area contributed by atoms with Gasteiger partial charge in [-0.3, -0.25) is 13.9 Å². The van der Waals surface area contributed by atoms with Gasteiger partial charge in [0.15, 0.2) is 17.7 Å². The number of anilines is 1. The maximum Gasteiger partial charge on any atom is 0.316 e. The van der Waals surface area contributed by atoms with E-state index in [9.17, 15) is 14.5 Å². The van der Waals surface area contributed by atoms with E-state index in [0.29, 0.717) is 11.2 Å². The lowest BCUT2D eigenvalue weighted by molar-refractivity contribution is -0.123. The number of hydrogen-bond acceptors (Lipinski definition) is 10. The molecule has 5 atom stereocenters. The summed E-state index contributed by atoms with van der Waals surface area (Å²) in [4.78, 5) is 32.5. The molecule has 0 aliphatic carbocycles. The highest BCUT2D eigenvalue weighted by atomic mass is 31.1. The summed E-state index contributed by atoms with van der Waals surface area (Å²) in [7, 11) is -1.69. The highest BCUT2D eigenvalue weighted by Crippen LogP contribution is 2.35.